The Balaban J connectivity index is 2.85. The molecule has 1 amide bonds. The van der Waals surface area contributed by atoms with Gasteiger partial charge in [0.15, 0.2) is 17.5 Å². The van der Waals surface area contributed by atoms with Crippen molar-refractivity contribution < 1.29 is 18.0 Å². The third-order valence-corrected chi connectivity index (χ3v) is 1.83. The van der Waals surface area contributed by atoms with Gasteiger partial charge in [0.05, 0.1) is 5.56 Å². The zero-order chi connectivity index (χ0) is 12.1. The first-order valence-corrected chi connectivity index (χ1v) is 4.43. The third kappa shape index (κ3) is 2.54. The van der Waals surface area contributed by atoms with Crippen LogP contribution in [0, 0.1) is 29.8 Å². The topological polar surface area (TPSA) is 29.1 Å². The number of amides is 1. The van der Waals surface area contributed by atoms with Crippen molar-refractivity contribution in [2.45, 2.75) is 6.42 Å². The van der Waals surface area contributed by atoms with Gasteiger partial charge in [0.1, 0.15) is 0 Å². The second-order valence-electron chi connectivity index (χ2n) is 2.93. The summed E-state index contributed by atoms with van der Waals surface area (Å²) in [6, 6.07) is 1.56. The summed E-state index contributed by atoms with van der Waals surface area (Å²) in [6.07, 6.45) is 5.22. The van der Waals surface area contributed by atoms with Crippen LogP contribution < -0.4 is 5.32 Å². The summed E-state index contributed by atoms with van der Waals surface area (Å²) in [6.45, 7) is 0.147. The molecule has 0 saturated heterocycles. The molecule has 5 heteroatoms. The van der Waals surface area contributed by atoms with Crippen LogP contribution in [0.25, 0.3) is 0 Å². The number of benzene rings is 1. The third-order valence-electron chi connectivity index (χ3n) is 1.83. The highest BCUT2D eigenvalue weighted by Gasteiger charge is 2.18. The summed E-state index contributed by atoms with van der Waals surface area (Å²) in [4.78, 5) is 11.3. The summed E-state index contributed by atoms with van der Waals surface area (Å²) in [5, 5.41) is 2.28. The Labute approximate surface area is 90.5 Å². The van der Waals surface area contributed by atoms with E-state index < -0.39 is 28.9 Å². The fourth-order valence-corrected chi connectivity index (χ4v) is 1.04. The highest BCUT2D eigenvalue weighted by molar-refractivity contribution is 5.94. The van der Waals surface area contributed by atoms with E-state index in [9.17, 15) is 18.0 Å². The van der Waals surface area contributed by atoms with E-state index in [2.05, 4.69) is 11.2 Å². The molecule has 16 heavy (non-hydrogen) atoms. The number of nitrogens with one attached hydrogen (secondary N) is 1. The van der Waals surface area contributed by atoms with Crippen molar-refractivity contribution >= 4 is 5.91 Å². The molecule has 0 heterocycles. The van der Waals surface area contributed by atoms with E-state index in [1.165, 1.54) is 0 Å². The molecule has 0 spiro atoms. The molecule has 0 aliphatic carbocycles. The van der Waals surface area contributed by atoms with Crippen molar-refractivity contribution in [3.05, 3.63) is 35.1 Å². The fraction of sp³-hybridized carbons (Fsp3) is 0.182. The van der Waals surface area contributed by atoms with E-state index in [4.69, 9.17) is 6.42 Å². The molecule has 0 bridgehead atoms. The Kier molecular flexibility index (Phi) is 3.95. The Morgan fingerprint density at radius 1 is 1.31 bits per heavy atom. The van der Waals surface area contributed by atoms with Gasteiger partial charge in [-0.25, -0.2) is 13.2 Å². The maximum Gasteiger partial charge on any atom is 0.254 e. The molecule has 0 atom stereocenters. The number of terminal acetylenes is 1. The standard InChI is InChI=1S/C11H8F3NO/c1-2-3-6-15-11(16)7-4-5-8(12)10(14)9(7)13/h1,4-5H,3,6H2,(H,15,16). The van der Waals surface area contributed by atoms with Gasteiger partial charge in [0.25, 0.3) is 5.91 Å². The van der Waals surface area contributed by atoms with E-state index >= 15 is 0 Å². The molecule has 0 unspecified atom stereocenters. The minimum absolute atomic E-state index is 0.147. The lowest BCUT2D eigenvalue weighted by molar-refractivity contribution is 0.0949. The summed E-state index contributed by atoms with van der Waals surface area (Å²) in [5.41, 5.74) is -0.545. The first-order chi connectivity index (χ1) is 7.57. The van der Waals surface area contributed by atoms with Crippen molar-refractivity contribution in [2.24, 2.45) is 0 Å². The van der Waals surface area contributed by atoms with E-state index in [-0.39, 0.29) is 13.0 Å². The monoisotopic (exact) mass is 227 g/mol. The van der Waals surface area contributed by atoms with Crippen LogP contribution in [0.5, 0.6) is 0 Å². The van der Waals surface area contributed by atoms with Gasteiger partial charge >= 0.3 is 0 Å². The van der Waals surface area contributed by atoms with Crippen LogP contribution in [0.15, 0.2) is 12.1 Å². The van der Waals surface area contributed by atoms with Crippen LogP contribution in [-0.4, -0.2) is 12.5 Å². The summed E-state index contributed by atoms with van der Waals surface area (Å²) in [5.74, 6) is -3.06. The number of halogens is 3. The molecule has 84 valence electrons. The minimum Gasteiger partial charge on any atom is -0.351 e. The Bertz CT molecular complexity index is 451. The quantitative estimate of drug-likeness (QED) is 0.476. The highest BCUT2D eigenvalue weighted by Crippen LogP contribution is 2.14. The zero-order valence-electron chi connectivity index (χ0n) is 8.19. The summed E-state index contributed by atoms with van der Waals surface area (Å²) in [7, 11) is 0. The van der Waals surface area contributed by atoms with Crippen LogP contribution in [0.2, 0.25) is 0 Å². The molecule has 0 radical (unpaired) electrons. The van der Waals surface area contributed by atoms with Gasteiger partial charge in [-0.3, -0.25) is 4.79 Å². The fourth-order valence-electron chi connectivity index (χ4n) is 1.04. The molecule has 1 N–H and O–H groups in total. The lowest BCUT2D eigenvalue weighted by atomic mass is 10.2. The van der Waals surface area contributed by atoms with Crippen LogP contribution in [0.3, 0.4) is 0 Å². The maximum absolute atomic E-state index is 13.1. The Morgan fingerprint density at radius 3 is 2.62 bits per heavy atom. The second kappa shape index (κ2) is 5.21. The van der Waals surface area contributed by atoms with E-state index in [0.717, 1.165) is 6.07 Å². The van der Waals surface area contributed by atoms with Crippen molar-refractivity contribution in [1.29, 1.82) is 0 Å². The van der Waals surface area contributed by atoms with Crippen molar-refractivity contribution in [3.63, 3.8) is 0 Å². The first-order valence-electron chi connectivity index (χ1n) is 4.43. The van der Waals surface area contributed by atoms with Gasteiger partial charge in [-0.1, -0.05) is 0 Å². The van der Waals surface area contributed by atoms with Gasteiger partial charge in [-0.2, -0.15) is 0 Å². The molecule has 2 nitrogen and oxygen atoms in total. The minimum atomic E-state index is -1.66. The lowest BCUT2D eigenvalue weighted by Gasteiger charge is -2.05. The molecule has 0 aromatic heterocycles. The van der Waals surface area contributed by atoms with E-state index in [1.807, 2.05) is 0 Å². The molecule has 1 aromatic carbocycles. The molecular formula is C11H8F3NO. The van der Waals surface area contributed by atoms with Gasteiger partial charge < -0.3 is 5.32 Å². The summed E-state index contributed by atoms with van der Waals surface area (Å²) < 4.78 is 38.4. The lowest BCUT2D eigenvalue weighted by Crippen LogP contribution is -2.25. The SMILES string of the molecule is C#CCCNC(=O)c1ccc(F)c(F)c1F. The average molecular weight is 227 g/mol. The molecule has 0 aliphatic rings. The van der Waals surface area contributed by atoms with Gasteiger partial charge in [0.2, 0.25) is 0 Å². The molecule has 1 aromatic rings. The van der Waals surface area contributed by atoms with Crippen molar-refractivity contribution in [2.75, 3.05) is 6.54 Å². The highest BCUT2D eigenvalue weighted by atomic mass is 19.2. The number of hydrogen-bond acceptors (Lipinski definition) is 1. The molecule has 0 fully saturated rings. The average Bonchev–Trinajstić information content (AvgIpc) is 2.26. The molecule has 0 aliphatic heterocycles. The van der Waals surface area contributed by atoms with Crippen LogP contribution in [-0.2, 0) is 0 Å². The number of carbonyl (C=O) groups is 1. The summed E-state index contributed by atoms with van der Waals surface area (Å²) >= 11 is 0. The van der Waals surface area contributed by atoms with Crippen LogP contribution in [0.1, 0.15) is 16.8 Å². The van der Waals surface area contributed by atoms with Crippen LogP contribution >= 0.6 is 0 Å². The predicted molar refractivity (Wildman–Crippen MR) is 52.1 cm³/mol. The molecule has 0 saturated carbocycles. The first kappa shape index (κ1) is 12.1. The zero-order valence-corrected chi connectivity index (χ0v) is 8.19. The van der Waals surface area contributed by atoms with Crippen LogP contribution in [0.4, 0.5) is 13.2 Å². The number of hydrogen-bond donors (Lipinski definition) is 1. The van der Waals surface area contributed by atoms with Gasteiger partial charge in [0, 0.05) is 13.0 Å². The van der Waals surface area contributed by atoms with E-state index in [1.54, 1.807) is 0 Å². The van der Waals surface area contributed by atoms with Gasteiger partial charge in [-0.05, 0) is 12.1 Å². The maximum atomic E-state index is 13.1. The number of carbonyl (C=O) groups excluding carboxylic acids is 1. The molecule has 1 rings (SSSR count). The normalized spacial score (nSPS) is 9.62. The Hall–Kier alpha value is -1.96. The smallest absolute Gasteiger partial charge is 0.254 e. The molecular weight excluding hydrogens is 219 g/mol. The van der Waals surface area contributed by atoms with Crippen molar-refractivity contribution in [3.8, 4) is 12.3 Å². The predicted octanol–water partition coefficient (Wildman–Crippen LogP) is 1.86. The van der Waals surface area contributed by atoms with Crippen molar-refractivity contribution in [1.82, 2.24) is 5.32 Å². The largest absolute Gasteiger partial charge is 0.351 e. The van der Waals surface area contributed by atoms with E-state index in [0.29, 0.717) is 6.07 Å². The second-order valence-corrected chi connectivity index (χ2v) is 2.93. The van der Waals surface area contributed by atoms with Gasteiger partial charge in [-0.15, -0.1) is 12.3 Å². The number of rotatable bonds is 3. The Morgan fingerprint density at radius 2 is 2.00 bits per heavy atom.